The van der Waals surface area contributed by atoms with E-state index in [1.54, 1.807) is 12.1 Å². The van der Waals surface area contributed by atoms with Crippen LogP contribution >= 0.6 is 23.2 Å². The SMILES string of the molecule is CCC(C)C1CN(c2cc(Cl)c(F)c(Cl)c2)C(C)CN1. The number of halogens is 3. The number of hydrogen-bond donors (Lipinski definition) is 1. The Labute approximate surface area is 130 Å². The van der Waals surface area contributed by atoms with Crippen molar-refractivity contribution in [2.75, 3.05) is 18.0 Å². The number of rotatable bonds is 3. The van der Waals surface area contributed by atoms with Crippen molar-refractivity contribution in [1.29, 1.82) is 0 Å². The Morgan fingerprint density at radius 2 is 2.00 bits per heavy atom. The highest BCUT2D eigenvalue weighted by molar-refractivity contribution is 6.35. The fraction of sp³-hybridized carbons (Fsp3) is 0.600. The first-order valence-electron chi connectivity index (χ1n) is 7.08. The second kappa shape index (κ2) is 6.50. The van der Waals surface area contributed by atoms with Crippen LogP contribution < -0.4 is 10.2 Å². The van der Waals surface area contributed by atoms with E-state index < -0.39 is 5.82 Å². The second-order valence-corrected chi connectivity index (χ2v) is 6.44. The molecule has 0 aliphatic carbocycles. The number of benzene rings is 1. The topological polar surface area (TPSA) is 15.3 Å². The van der Waals surface area contributed by atoms with E-state index in [0.717, 1.165) is 25.2 Å². The molecular weight excluding hydrogens is 298 g/mol. The van der Waals surface area contributed by atoms with E-state index in [0.29, 0.717) is 18.0 Å². The second-order valence-electron chi connectivity index (χ2n) is 5.63. The van der Waals surface area contributed by atoms with E-state index in [1.165, 1.54) is 0 Å². The zero-order valence-corrected chi connectivity index (χ0v) is 13.6. The highest BCUT2D eigenvalue weighted by atomic mass is 35.5. The molecule has 0 radical (unpaired) electrons. The number of hydrogen-bond acceptors (Lipinski definition) is 2. The average molecular weight is 319 g/mol. The largest absolute Gasteiger partial charge is 0.366 e. The molecule has 1 aromatic rings. The number of piperazine rings is 1. The number of nitrogens with zero attached hydrogens (tertiary/aromatic N) is 1. The Bertz CT molecular complexity index is 458. The van der Waals surface area contributed by atoms with Crippen molar-refractivity contribution in [3.05, 3.63) is 28.0 Å². The van der Waals surface area contributed by atoms with Crippen molar-refractivity contribution in [3.63, 3.8) is 0 Å². The van der Waals surface area contributed by atoms with Crippen molar-refractivity contribution in [3.8, 4) is 0 Å². The molecular formula is C15H21Cl2FN2. The molecule has 1 aromatic carbocycles. The summed E-state index contributed by atoms with van der Waals surface area (Å²) in [5.74, 6) is 0.0507. The van der Waals surface area contributed by atoms with Crippen LogP contribution in [0.1, 0.15) is 27.2 Å². The lowest BCUT2D eigenvalue weighted by molar-refractivity contribution is 0.316. The van der Waals surface area contributed by atoms with Gasteiger partial charge in [0.2, 0.25) is 0 Å². The van der Waals surface area contributed by atoms with Crippen LogP contribution in [0.25, 0.3) is 0 Å². The van der Waals surface area contributed by atoms with Gasteiger partial charge in [-0.15, -0.1) is 0 Å². The van der Waals surface area contributed by atoms with Gasteiger partial charge in [0, 0.05) is 30.9 Å². The predicted octanol–water partition coefficient (Wildman–Crippen LogP) is 4.35. The molecule has 0 saturated carbocycles. The van der Waals surface area contributed by atoms with Crippen LogP contribution in [-0.4, -0.2) is 25.2 Å². The summed E-state index contributed by atoms with van der Waals surface area (Å²) < 4.78 is 13.5. The highest BCUT2D eigenvalue weighted by Gasteiger charge is 2.28. The molecule has 3 unspecified atom stereocenters. The van der Waals surface area contributed by atoms with Crippen LogP contribution in [0.3, 0.4) is 0 Å². The molecule has 2 nitrogen and oxygen atoms in total. The lowest BCUT2D eigenvalue weighted by Crippen LogP contribution is -2.57. The fourth-order valence-electron chi connectivity index (χ4n) is 2.62. The maximum Gasteiger partial charge on any atom is 0.160 e. The van der Waals surface area contributed by atoms with Gasteiger partial charge < -0.3 is 10.2 Å². The maximum absolute atomic E-state index is 13.5. The Kier molecular flexibility index (Phi) is 5.16. The lowest BCUT2D eigenvalue weighted by atomic mass is 9.95. The van der Waals surface area contributed by atoms with E-state index in [4.69, 9.17) is 23.2 Å². The lowest BCUT2D eigenvalue weighted by Gasteiger charge is -2.42. The quantitative estimate of drug-likeness (QED) is 0.834. The third-order valence-corrected chi connectivity index (χ3v) is 4.78. The predicted molar refractivity (Wildman–Crippen MR) is 84.5 cm³/mol. The summed E-state index contributed by atoms with van der Waals surface area (Å²) >= 11 is 11.8. The first kappa shape index (κ1) is 15.9. The van der Waals surface area contributed by atoms with Crippen LogP contribution in [-0.2, 0) is 0 Å². The van der Waals surface area contributed by atoms with Gasteiger partial charge in [-0.25, -0.2) is 4.39 Å². The molecule has 0 aromatic heterocycles. The molecule has 0 amide bonds. The van der Waals surface area contributed by atoms with Crippen LogP contribution in [0.4, 0.5) is 10.1 Å². The van der Waals surface area contributed by atoms with Gasteiger partial charge in [0.05, 0.1) is 10.0 Å². The fourth-order valence-corrected chi connectivity index (χ4v) is 3.10. The van der Waals surface area contributed by atoms with Crippen LogP contribution in [0.2, 0.25) is 10.0 Å². The number of nitrogens with one attached hydrogen (secondary N) is 1. The molecule has 5 heteroatoms. The van der Waals surface area contributed by atoms with Crippen LogP contribution in [0.5, 0.6) is 0 Å². The third-order valence-electron chi connectivity index (χ3n) is 4.23. The van der Waals surface area contributed by atoms with Crippen molar-refractivity contribution in [2.45, 2.75) is 39.3 Å². The van der Waals surface area contributed by atoms with E-state index in [2.05, 4.69) is 31.0 Å². The van der Waals surface area contributed by atoms with Gasteiger partial charge in [0.25, 0.3) is 0 Å². The first-order valence-corrected chi connectivity index (χ1v) is 7.84. The normalized spacial score (nSPS) is 24.8. The van der Waals surface area contributed by atoms with E-state index in [-0.39, 0.29) is 10.0 Å². The molecule has 20 heavy (non-hydrogen) atoms. The molecule has 1 aliphatic heterocycles. The minimum Gasteiger partial charge on any atom is -0.366 e. The molecule has 1 fully saturated rings. The Balaban J connectivity index is 2.25. The summed E-state index contributed by atoms with van der Waals surface area (Å²) in [5, 5.41) is 3.74. The minimum absolute atomic E-state index is 0.0818. The molecule has 1 N–H and O–H groups in total. The maximum atomic E-state index is 13.5. The van der Waals surface area contributed by atoms with Crippen LogP contribution in [0, 0.1) is 11.7 Å². The van der Waals surface area contributed by atoms with Gasteiger partial charge in [0.15, 0.2) is 5.82 Å². The summed E-state index contributed by atoms with van der Waals surface area (Å²) in [7, 11) is 0. The van der Waals surface area contributed by atoms with Crippen LogP contribution in [0.15, 0.2) is 12.1 Å². The van der Waals surface area contributed by atoms with E-state index in [1.807, 2.05) is 0 Å². The Morgan fingerprint density at radius 3 is 2.55 bits per heavy atom. The summed E-state index contributed by atoms with van der Waals surface area (Å²) in [6.45, 7) is 8.37. The monoisotopic (exact) mass is 318 g/mol. The van der Waals surface area contributed by atoms with Crippen molar-refractivity contribution in [1.82, 2.24) is 5.32 Å². The summed E-state index contributed by atoms with van der Waals surface area (Å²) in [6, 6.07) is 4.09. The summed E-state index contributed by atoms with van der Waals surface area (Å²) in [4.78, 5) is 2.25. The molecule has 3 atom stereocenters. The van der Waals surface area contributed by atoms with Crippen molar-refractivity contribution < 1.29 is 4.39 Å². The zero-order valence-electron chi connectivity index (χ0n) is 12.1. The molecule has 1 saturated heterocycles. The standard InChI is InChI=1S/C15H21Cl2FN2/c1-4-9(2)14-8-20(10(3)7-19-14)11-5-12(16)15(18)13(17)6-11/h5-6,9-10,14,19H,4,7-8H2,1-3H3. The molecule has 2 rings (SSSR count). The van der Waals surface area contributed by atoms with E-state index >= 15 is 0 Å². The third kappa shape index (κ3) is 3.21. The average Bonchev–Trinajstić information content (AvgIpc) is 2.44. The molecule has 0 spiro atoms. The minimum atomic E-state index is -0.543. The highest BCUT2D eigenvalue weighted by Crippen LogP contribution is 2.31. The Morgan fingerprint density at radius 1 is 1.40 bits per heavy atom. The van der Waals surface area contributed by atoms with Crippen molar-refractivity contribution >= 4 is 28.9 Å². The molecule has 0 bridgehead atoms. The van der Waals surface area contributed by atoms with Gasteiger partial charge in [-0.05, 0) is 25.0 Å². The smallest absolute Gasteiger partial charge is 0.160 e. The Hall–Kier alpha value is -0.510. The van der Waals surface area contributed by atoms with Gasteiger partial charge in [-0.3, -0.25) is 0 Å². The molecule has 1 aliphatic rings. The van der Waals surface area contributed by atoms with Gasteiger partial charge in [0.1, 0.15) is 0 Å². The van der Waals surface area contributed by atoms with E-state index in [9.17, 15) is 4.39 Å². The van der Waals surface area contributed by atoms with Gasteiger partial charge in [-0.2, -0.15) is 0 Å². The van der Waals surface area contributed by atoms with Gasteiger partial charge in [-0.1, -0.05) is 43.5 Å². The molecule has 112 valence electrons. The number of anilines is 1. The summed E-state index contributed by atoms with van der Waals surface area (Å²) in [6.07, 6.45) is 1.13. The zero-order chi connectivity index (χ0) is 14.9. The van der Waals surface area contributed by atoms with Crippen molar-refractivity contribution in [2.24, 2.45) is 5.92 Å². The first-order chi connectivity index (χ1) is 9.43. The summed E-state index contributed by atoms with van der Waals surface area (Å²) in [5.41, 5.74) is 0.892. The van der Waals surface area contributed by atoms with Gasteiger partial charge >= 0.3 is 0 Å². The molecule has 1 heterocycles.